The van der Waals surface area contributed by atoms with Crippen LogP contribution in [0.25, 0.3) is 0 Å². The van der Waals surface area contributed by atoms with Crippen molar-refractivity contribution in [2.24, 2.45) is 4.99 Å². The summed E-state index contributed by atoms with van der Waals surface area (Å²) >= 11 is 0. The van der Waals surface area contributed by atoms with E-state index in [4.69, 9.17) is 0 Å². The SMILES string of the molecule is O=C1Nc2ccccc2C1C=Nc1ccc(N2CC=CCC2)c(C(F)(F)F)c1. The lowest BCUT2D eigenvalue weighted by Crippen LogP contribution is -2.29. The molecule has 0 aromatic heterocycles. The second-order valence-corrected chi connectivity index (χ2v) is 6.74. The van der Waals surface area contributed by atoms with E-state index >= 15 is 0 Å². The summed E-state index contributed by atoms with van der Waals surface area (Å²) in [4.78, 5) is 18.0. The summed E-state index contributed by atoms with van der Waals surface area (Å²) in [5.74, 6) is -0.852. The molecule has 0 bridgehead atoms. The third-order valence-corrected chi connectivity index (χ3v) is 4.89. The van der Waals surface area contributed by atoms with Gasteiger partial charge in [-0.2, -0.15) is 13.2 Å². The number of hydrogen-bond donors (Lipinski definition) is 1. The van der Waals surface area contributed by atoms with Gasteiger partial charge in [0.15, 0.2) is 0 Å². The molecule has 2 aromatic carbocycles. The molecule has 2 aromatic rings. The van der Waals surface area contributed by atoms with E-state index in [9.17, 15) is 18.0 Å². The van der Waals surface area contributed by atoms with Crippen molar-refractivity contribution < 1.29 is 18.0 Å². The van der Waals surface area contributed by atoms with Crippen LogP contribution >= 0.6 is 0 Å². The van der Waals surface area contributed by atoms with Gasteiger partial charge < -0.3 is 10.2 Å². The average molecular weight is 385 g/mol. The van der Waals surface area contributed by atoms with Crippen LogP contribution in [0, 0.1) is 0 Å². The van der Waals surface area contributed by atoms with Gasteiger partial charge in [0.05, 0.1) is 11.3 Å². The van der Waals surface area contributed by atoms with E-state index in [2.05, 4.69) is 10.3 Å². The first-order chi connectivity index (χ1) is 13.4. The van der Waals surface area contributed by atoms with Crippen molar-refractivity contribution in [2.45, 2.75) is 18.5 Å². The number of anilines is 2. The molecule has 4 rings (SSSR count). The zero-order valence-corrected chi connectivity index (χ0v) is 14.9. The number of nitrogens with zero attached hydrogens (tertiary/aromatic N) is 2. The summed E-state index contributed by atoms with van der Waals surface area (Å²) in [6.07, 6.45) is 1.46. The third-order valence-electron chi connectivity index (χ3n) is 4.89. The minimum absolute atomic E-state index is 0.153. The topological polar surface area (TPSA) is 44.7 Å². The second-order valence-electron chi connectivity index (χ2n) is 6.74. The van der Waals surface area contributed by atoms with Gasteiger partial charge in [-0.3, -0.25) is 9.79 Å². The Hall–Kier alpha value is -3.09. The Bertz CT molecular complexity index is 966. The maximum absolute atomic E-state index is 13.6. The summed E-state index contributed by atoms with van der Waals surface area (Å²) in [6.45, 7) is 0.992. The second kappa shape index (κ2) is 7.14. The molecule has 2 heterocycles. The lowest BCUT2D eigenvalue weighted by atomic mass is 10.0. The molecule has 1 N–H and O–H groups in total. The first-order valence-electron chi connectivity index (χ1n) is 8.98. The predicted molar refractivity (Wildman–Crippen MR) is 103 cm³/mol. The summed E-state index contributed by atoms with van der Waals surface area (Å²) in [6, 6.07) is 11.3. The zero-order valence-electron chi connectivity index (χ0n) is 14.9. The van der Waals surface area contributed by atoms with Crippen LogP contribution in [0.5, 0.6) is 0 Å². The van der Waals surface area contributed by atoms with Gasteiger partial charge in [-0.05, 0) is 36.2 Å². The molecule has 0 radical (unpaired) electrons. The smallest absolute Gasteiger partial charge is 0.367 e. The highest BCUT2D eigenvalue weighted by Gasteiger charge is 2.35. The number of para-hydroxylation sites is 1. The van der Waals surface area contributed by atoms with Crippen molar-refractivity contribution in [1.29, 1.82) is 0 Å². The van der Waals surface area contributed by atoms with E-state index in [0.29, 0.717) is 25.2 Å². The van der Waals surface area contributed by atoms with Gasteiger partial charge in [0, 0.05) is 30.7 Å². The van der Waals surface area contributed by atoms with Crippen molar-refractivity contribution in [3.05, 3.63) is 65.7 Å². The summed E-state index contributed by atoms with van der Waals surface area (Å²) < 4.78 is 40.9. The number of carbonyl (C=O) groups excluding carboxylic acids is 1. The molecule has 0 saturated heterocycles. The molecule has 2 aliphatic heterocycles. The summed E-state index contributed by atoms with van der Waals surface area (Å²) in [7, 11) is 0. The van der Waals surface area contributed by atoms with E-state index in [1.807, 2.05) is 24.3 Å². The molecule has 0 saturated carbocycles. The van der Waals surface area contributed by atoms with Crippen molar-refractivity contribution in [3.63, 3.8) is 0 Å². The van der Waals surface area contributed by atoms with Crippen LogP contribution in [-0.4, -0.2) is 25.2 Å². The molecule has 1 atom stereocenters. The molecule has 0 spiro atoms. The number of nitrogens with one attached hydrogen (secondary N) is 1. The summed E-state index contributed by atoms with van der Waals surface area (Å²) in [5.41, 5.74) is 1.08. The largest absolute Gasteiger partial charge is 0.418 e. The highest BCUT2D eigenvalue weighted by Crippen LogP contribution is 2.39. The number of benzene rings is 2. The lowest BCUT2D eigenvalue weighted by Gasteiger charge is -2.28. The highest BCUT2D eigenvalue weighted by molar-refractivity contribution is 6.12. The van der Waals surface area contributed by atoms with Gasteiger partial charge in [-0.15, -0.1) is 0 Å². The Balaban J connectivity index is 1.65. The van der Waals surface area contributed by atoms with E-state index < -0.39 is 17.7 Å². The molecule has 144 valence electrons. The van der Waals surface area contributed by atoms with Gasteiger partial charge in [-0.1, -0.05) is 30.4 Å². The Kier molecular flexibility index (Phi) is 4.66. The summed E-state index contributed by atoms with van der Waals surface area (Å²) in [5, 5.41) is 2.75. The number of halogens is 3. The van der Waals surface area contributed by atoms with E-state index in [-0.39, 0.29) is 17.3 Å². The Morgan fingerprint density at radius 1 is 1.14 bits per heavy atom. The first kappa shape index (κ1) is 18.3. The normalized spacial score (nSPS) is 19.2. The average Bonchev–Trinajstić information content (AvgIpc) is 3.01. The minimum atomic E-state index is -4.49. The number of hydrogen-bond acceptors (Lipinski definition) is 3. The number of aliphatic imine (C=N–C) groups is 1. The molecule has 1 unspecified atom stereocenters. The Morgan fingerprint density at radius 3 is 2.71 bits per heavy atom. The van der Waals surface area contributed by atoms with Crippen molar-refractivity contribution in [3.8, 4) is 0 Å². The number of carbonyl (C=O) groups is 1. The fourth-order valence-corrected chi connectivity index (χ4v) is 3.51. The van der Waals surface area contributed by atoms with E-state index in [1.165, 1.54) is 12.3 Å². The van der Waals surface area contributed by atoms with E-state index in [0.717, 1.165) is 11.6 Å². The Morgan fingerprint density at radius 2 is 1.96 bits per heavy atom. The number of alkyl halides is 3. The molecule has 0 aliphatic carbocycles. The van der Waals surface area contributed by atoms with Gasteiger partial charge in [0.2, 0.25) is 5.91 Å². The lowest BCUT2D eigenvalue weighted by molar-refractivity contribution is -0.137. The van der Waals surface area contributed by atoms with Crippen LogP contribution in [0.2, 0.25) is 0 Å². The maximum Gasteiger partial charge on any atom is 0.418 e. The third kappa shape index (κ3) is 3.52. The highest BCUT2D eigenvalue weighted by atomic mass is 19.4. The van der Waals surface area contributed by atoms with Gasteiger partial charge in [0.25, 0.3) is 0 Å². The standard InChI is InChI=1S/C21H18F3N3O/c22-21(23,24)17-12-14(8-9-19(17)27-10-4-1-5-11-27)25-13-16-15-6-2-3-7-18(15)26-20(16)28/h1-4,6-9,12-13,16H,5,10-11H2,(H,26,28). The van der Waals surface area contributed by atoms with Gasteiger partial charge in [-0.25, -0.2) is 0 Å². The maximum atomic E-state index is 13.6. The van der Waals surface area contributed by atoms with Crippen molar-refractivity contribution >= 4 is 29.2 Å². The molecular weight excluding hydrogens is 367 g/mol. The number of amides is 1. The van der Waals surface area contributed by atoms with Crippen LogP contribution in [0.1, 0.15) is 23.5 Å². The molecule has 7 heteroatoms. The van der Waals surface area contributed by atoms with Crippen LogP contribution in [0.15, 0.2) is 59.6 Å². The molecule has 2 aliphatic rings. The van der Waals surface area contributed by atoms with Crippen molar-refractivity contribution in [2.75, 3.05) is 23.3 Å². The van der Waals surface area contributed by atoms with E-state index in [1.54, 1.807) is 23.1 Å². The number of fused-ring (bicyclic) bond motifs is 1. The molecule has 0 fully saturated rings. The minimum Gasteiger partial charge on any atom is -0.367 e. The van der Waals surface area contributed by atoms with Gasteiger partial charge >= 0.3 is 6.18 Å². The fraction of sp³-hybridized carbons (Fsp3) is 0.238. The monoisotopic (exact) mass is 385 g/mol. The van der Waals surface area contributed by atoms with Crippen molar-refractivity contribution in [1.82, 2.24) is 0 Å². The first-order valence-corrected chi connectivity index (χ1v) is 8.98. The van der Waals surface area contributed by atoms with Crippen LogP contribution < -0.4 is 10.2 Å². The molecule has 1 amide bonds. The van der Waals surface area contributed by atoms with Crippen LogP contribution in [-0.2, 0) is 11.0 Å². The molecule has 4 nitrogen and oxygen atoms in total. The molecular formula is C21H18F3N3O. The predicted octanol–water partition coefficient (Wildman–Crippen LogP) is 4.91. The quantitative estimate of drug-likeness (QED) is 0.603. The van der Waals surface area contributed by atoms with Crippen LogP contribution in [0.3, 0.4) is 0 Å². The number of rotatable bonds is 3. The fourth-order valence-electron chi connectivity index (χ4n) is 3.51. The van der Waals surface area contributed by atoms with Gasteiger partial charge in [0.1, 0.15) is 5.92 Å². The zero-order chi connectivity index (χ0) is 19.7. The molecule has 28 heavy (non-hydrogen) atoms. The Labute approximate surface area is 160 Å². The van der Waals surface area contributed by atoms with Crippen LogP contribution in [0.4, 0.5) is 30.2 Å².